The molecule has 9 heteroatoms. The lowest BCUT2D eigenvalue weighted by Gasteiger charge is -2.39. The van der Waals surface area contributed by atoms with Crippen LogP contribution in [0.25, 0.3) is 0 Å². The van der Waals surface area contributed by atoms with Gasteiger partial charge < -0.3 is 14.7 Å². The van der Waals surface area contributed by atoms with Crippen LogP contribution < -0.4 is 21.0 Å². The molecule has 9 nitrogen and oxygen atoms in total. The van der Waals surface area contributed by atoms with Gasteiger partial charge in [0, 0.05) is 58.6 Å². The highest BCUT2D eigenvalue weighted by molar-refractivity contribution is 5.80. The number of piperidine rings is 1. The van der Waals surface area contributed by atoms with Crippen LogP contribution in [0, 0.1) is 5.92 Å². The molecule has 2 aromatic heterocycles. The van der Waals surface area contributed by atoms with Gasteiger partial charge in [-0.15, -0.1) is 0 Å². The number of nitrogens with zero attached hydrogens (tertiary/aromatic N) is 5. The molecule has 1 unspecified atom stereocenters. The van der Waals surface area contributed by atoms with Gasteiger partial charge in [-0.2, -0.15) is 0 Å². The number of amides is 1. The first-order valence-corrected chi connectivity index (χ1v) is 10.0. The van der Waals surface area contributed by atoms with E-state index >= 15 is 0 Å². The van der Waals surface area contributed by atoms with Gasteiger partial charge in [0.1, 0.15) is 11.6 Å². The first kappa shape index (κ1) is 19.2. The van der Waals surface area contributed by atoms with Crippen LogP contribution in [0.2, 0.25) is 0 Å². The van der Waals surface area contributed by atoms with Crippen molar-refractivity contribution in [3.8, 4) is 0 Å². The summed E-state index contributed by atoms with van der Waals surface area (Å²) in [5.41, 5.74) is -0.783. The Balaban J connectivity index is 1.39. The first-order valence-electron chi connectivity index (χ1n) is 10.0. The molecule has 0 bridgehead atoms. The van der Waals surface area contributed by atoms with Crippen LogP contribution in [0.1, 0.15) is 12.8 Å². The third kappa shape index (κ3) is 4.03. The number of hydrogen-bond donors (Lipinski definition) is 1. The van der Waals surface area contributed by atoms with Gasteiger partial charge in [0.25, 0.3) is 5.56 Å². The molecule has 154 valence electrons. The van der Waals surface area contributed by atoms with Crippen LogP contribution >= 0.6 is 0 Å². The second-order valence-electron chi connectivity index (χ2n) is 7.64. The minimum absolute atomic E-state index is 0.127. The summed E-state index contributed by atoms with van der Waals surface area (Å²) >= 11 is 0. The Morgan fingerprint density at radius 2 is 1.90 bits per heavy atom. The Labute approximate surface area is 168 Å². The summed E-state index contributed by atoms with van der Waals surface area (Å²) in [4.78, 5) is 50.1. The van der Waals surface area contributed by atoms with E-state index in [1.54, 1.807) is 6.20 Å². The lowest BCUT2D eigenvalue weighted by atomic mass is 9.96. The lowest BCUT2D eigenvalue weighted by molar-refractivity contribution is -0.136. The van der Waals surface area contributed by atoms with Crippen molar-refractivity contribution in [1.82, 2.24) is 19.4 Å². The van der Waals surface area contributed by atoms with Crippen LogP contribution in [0.15, 0.2) is 40.1 Å². The van der Waals surface area contributed by atoms with E-state index in [1.807, 2.05) is 28.0 Å². The van der Waals surface area contributed by atoms with Crippen LogP contribution in [-0.2, 0) is 11.8 Å². The first-order chi connectivity index (χ1) is 14.0. The SMILES string of the molecule is Cn1c(=O)cc(N2CCCC(C(=O)N3CCN(c4ccccn4)CC3)C2)[nH]c1=O. The highest BCUT2D eigenvalue weighted by Gasteiger charge is 2.31. The number of anilines is 2. The molecule has 1 amide bonds. The van der Waals surface area contributed by atoms with Crippen LogP contribution in [0.4, 0.5) is 11.6 Å². The van der Waals surface area contributed by atoms with E-state index in [9.17, 15) is 14.4 Å². The van der Waals surface area contributed by atoms with Gasteiger partial charge in [0.2, 0.25) is 5.91 Å². The molecule has 0 aliphatic carbocycles. The average molecular weight is 398 g/mol. The van der Waals surface area contributed by atoms with Crippen molar-refractivity contribution >= 4 is 17.5 Å². The number of rotatable bonds is 3. The minimum atomic E-state index is -0.438. The molecule has 4 rings (SSSR count). The predicted molar refractivity (Wildman–Crippen MR) is 110 cm³/mol. The molecule has 0 aromatic carbocycles. The molecule has 1 atom stereocenters. The van der Waals surface area contributed by atoms with E-state index in [2.05, 4.69) is 14.9 Å². The highest BCUT2D eigenvalue weighted by atomic mass is 16.2. The zero-order chi connectivity index (χ0) is 20.4. The standard InChI is InChI=1S/C20H26N6O3/c1-23-18(27)13-17(22-20(23)29)26-8-4-5-15(14-26)19(28)25-11-9-24(10-12-25)16-6-2-3-7-21-16/h2-3,6-7,13,15H,4-5,8-12,14H2,1H3,(H,22,29). The van der Waals surface area contributed by atoms with Crippen molar-refractivity contribution in [1.29, 1.82) is 0 Å². The fourth-order valence-corrected chi connectivity index (χ4v) is 4.07. The second kappa shape index (κ2) is 8.10. The minimum Gasteiger partial charge on any atom is -0.357 e. The molecule has 2 aromatic rings. The maximum Gasteiger partial charge on any atom is 0.329 e. The summed E-state index contributed by atoms with van der Waals surface area (Å²) in [6, 6.07) is 7.28. The van der Waals surface area contributed by atoms with E-state index < -0.39 is 5.69 Å². The molecule has 4 heterocycles. The fourth-order valence-electron chi connectivity index (χ4n) is 4.07. The molecular formula is C20H26N6O3. The number of hydrogen-bond acceptors (Lipinski definition) is 6. The van der Waals surface area contributed by atoms with Crippen molar-refractivity contribution in [2.45, 2.75) is 12.8 Å². The van der Waals surface area contributed by atoms with E-state index in [4.69, 9.17) is 0 Å². The molecule has 1 N–H and O–H groups in total. The van der Waals surface area contributed by atoms with Gasteiger partial charge in [0.15, 0.2) is 0 Å². The second-order valence-corrected chi connectivity index (χ2v) is 7.64. The number of aromatic amines is 1. The number of carbonyl (C=O) groups is 1. The van der Waals surface area contributed by atoms with Gasteiger partial charge >= 0.3 is 5.69 Å². The van der Waals surface area contributed by atoms with Gasteiger partial charge in [-0.05, 0) is 25.0 Å². The zero-order valence-electron chi connectivity index (χ0n) is 16.6. The van der Waals surface area contributed by atoms with E-state index in [0.29, 0.717) is 25.5 Å². The average Bonchev–Trinajstić information content (AvgIpc) is 2.77. The van der Waals surface area contributed by atoms with Crippen molar-refractivity contribution < 1.29 is 4.79 Å². The van der Waals surface area contributed by atoms with Crippen LogP contribution in [0.5, 0.6) is 0 Å². The number of piperazine rings is 1. The van der Waals surface area contributed by atoms with Crippen molar-refractivity contribution in [3.63, 3.8) is 0 Å². The largest absolute Gasteiger partial charge is 0.357 e. The molecule has 0 radical (unpaired) electrons. The summed E-state index contributed by atoms with van der Waals surface area (Å²) in [7, 11) is 1.44. The lowest BCUT2D eigenvalue weighted by Crippen LogP contribution is -2.53. The maximum absolute atomic E-state index is 13.1. The number of nitrogens with one attached hydrogen (secondary N) is 1. The monoisotopic (exact) mass is 398 g/mol. The Bertz CT molecular complexity index is 946. The number of H-pyrrole nitrogens is 1. The molecule has 2 aliphatic heterocycles. The Morgan fingerprint density at radius 3 is 2.59 bits per heavy atom. The summed E-state index contributed by atoms with van der Waals surface area (Å²) in [6.07, 6.45) is 3.46. The topological polar surface area (TPSA) is 94.5 Å². The van der Waals surface area contributed by atoms with Gasteiger partial charge in [-0.25, -0.2) is 9.78 Å². The van der Waals surface area contributed by atoms with Gasteiger partial charge in [0.05, 0.1) is 5.92 Å². The Morgan fingerprint density at radius 1 is 1.10 bits per heavy atom. The summed E-state index contributed by atoms with van der Waals surface area (Å²) < 4.78 is 1.04. The van der Waals surface area contributed by atoms with Crippen molar-refractivity contribution in [3.05, 3.63) is 51.3 Å². The van der Waals surface area contributed by atoms with E-state index in [-0.39, 0.29) is 17.4 Å². The summed E-state index contributed by atoms with van der Waals surface area (Å²) in [6.45, 7) is 4.12. The van der Waals surface area contributed by atoms with Gasteiger partial charge in [-0.3, -0.25) is 19.1 Å². The highest BCUT2D eigenvalue weighted by Crippen LogP contribution is 2.23. The smallest absolute Gasteiger partial charge is 0.329 e. The molecular weight excluding hydrogens is 372 g/mol. The maximum atomic E-state index is 13.1. The van der Waals surface area contributed by atoms with Crippen LogP contribution in [-0.4, -0.2) is 64.6 Å². The third-order valence-electron chi connectivity index (χ3n) is 5.81. The zero-order valence-corrected chi connectivity index (χ0v) is 16.6. The fraction of sp³-hybridized carbons (Fsp3) is 0.500. The normalized spacial score (nSPS) is 20.0. The van der Waals surface area contributed by atoms with Crippen LogP contribution in [0.3, 0.4) is 0 Å². The van der Waals surface area contributed by atoms with Crippen molar-refractivity contribution in [2.75, 3.05) is 49.1 Å². The van der Waals surface area contributed by atoms with Crippen molar-refractivity contribution in [2.24, 2.45) is 13.0 Å². The quantitative estimate of drug-likeness (QED) is 0.784. The predicted octanol–water partition coefficient (Wildman–Crippen LogP) is 0.0338. The molecule has 29 heavy (non-hydrogen) atoms. The van der Waals surface area contributed by atoms with E-state index in [1.165, 1.54) is 13.1 Å². The number of pyridine rings is 1. The van der Waals surface area contributed by atoms with Gasteiger partial charge in [-0.1, -0.05) is 6.07 Å². The molecule has 2 aliphatic rings. The molecule has 2 fully saturated rings. The molecule has 0 saturated carbocycles. The molecule has 2 saturated heterocycles. The third-order valence-corrected chi connectivity index (χ3v) is 5.81. The summed E-state index contributed by atoms with van der Waals surface area (Å²) in [5, 5.41) is 0. The number of aromatic nitrogens is 3. The number of carbonyl (C=O) groups excluding carboxylic acids is 1. The molecule has 0 spiro atoms. The summed E-state index contributed by atoms with van der Waals surface area (Å²) in [5.74, 6) is 1.47. The Kier molecular flexibility index (Phi) is 5.37. The van der Waals surface area contributed by atoms with E-state index in [0.717, 1.165) is 42.9 Å². The Hall–Kier alpha value is -3.10.